The summed E-state index contributed by atoms with van der Waals surface area (Å²) < 4.78 is 6.87. The molecule has 6 nitrogen and oxygen atoms in total. The van der Waals surface area contributed by atoms with Gasteiger partial charge in [0.15, 0.2) is 5.13 Å². The second kappa shape index (κ2) is 9.41. The summed E-state index contributed by atoms with van der Waals surface area (Å²) in [6.45, 7) is 11.7. The number of nitrogens with zero attached hydrogens (tertiary/aromatic N) is 3. The summed E-state index contributed by atoms with van der Waals surface area (Å²) >= 11 is 3.13. The average Bonchev–Trinajstić information content (AvgIpc) is 3.30. The van der Waals surface area contributed by atoms with Crippen molar-refractivity contribution in [2.45, 2.75) is 62.3 Å². The predicted octanol–water partition coefficient (Wildman–Crippen LogP) is 4.78. The van der Waals surface area contributed by atoms with Gasteiger partial charge < -0.3 is 14.6 Å². The van der Waals surface area contributed by atoms with Gasteiger partial charge in [0.2, 0.25) is 11.8 Å². The molecule has 1 N–H and O–H groups in total. The Balaban J connectivity index is 1.46. The third-order valence-electron chi connectivity index (χ3n) is 4.84. The van der Waals surface area contributed by atoms with Gasteiger partial charge in [0.05, 0.1) is 22.4 Å². The van der Waals surface area contributed by atoms with Crippen molar-refractivity contribution in [1.29, 1.82) is 0 Å². The van der Waals surface area contributed by atoms with Crippen LogP contribution in [0.15, 0.2) is 21.0 Å². The zero-order chi connectivity index (χ0) is 20.1. The number of anilines is 1. The standard InChI is InChI=1S/C20H30N4O2S2/c1-5-8-24-9-6-14(7-10-24)18(25)23-19-22-12-17(28-19)27-13-16-21-11-15(26-16)20(2,3)4/h11-12,14H,5-10,13H2,1-4H3,(H,22,23,25). The van der Waals surface area contributed by atoms with E-state index in [9.17, 15) is 4.79 Å². The third kappa shape index (κ3) is 5.81. The first kappa shape index (κ1) is 21.3. The van der Waals surface area contributed by atoms with Gasteiger partial charge >= 0.3 is 0 Å². The Morgan fingerprint density at radius 2 is 2.07 bits per heavy atom. The number of hydrogen-bond donors (Lipinski definition) is 1. The van der Waals surface area contributed by atoms with E-state index in [0.717, 1.165) is 42.4 Å². The summed E-state index contributed by atoms with van der Waals surface area (Å²) in [6.07, 6.45) is 6.64. The zero-order valence-electron chi connectivity index (χ0n) is 17.2. The minimum Gasteiger partial charge on any atom is -0.444 e. The first-order chi connectivity index (χ1) is 13.3. The van der Waals surface area contributed by atoms with Crippen LogP contribution in [0.5, 0.6) is 0 Å². The molecule has 1 amide bonds. The molecule has 0 aromatic carbocycles. The van der Waals surface area contributed by atoms with Crippen LogP contribution in [0.1, 0.15) is 58.6 Å². The summed E-state index contributed by atoms with van der Waals surface area (Å²) in [7, 11) is 0. The SMILES string of the molecule is CCCN1CCC(C(=O)Nc2ncc(SCc3ncc(C(C)(C)C)o3)s2)CC1. The number of likely N-dealkylation sites (tertiary alicyclic amines) is 1. The Morgan fingerprint density at radius 1 is 1.32 bits per heavy atom. The first-order valence-electron chi connectivity index (χ1n) is 9.92. The van der Waals surface area contributed by atoms with Crippen molar-refractivity contribution < 1.29 is 9.21 Å². The molecule has 1 aliphatic rings. The Hall–Kier alpha value is -1.38. The highest BCUT2D eigenvalue weighted by Crippen LogP contribution is 2.32. The molecule has 1 fully saturated rings. The van der Waals surface area contributed by atoms with Crippen molar-refractivity contribution in [3.63, 3.8) is 0 Å². The maximum Gasteiger partial charge on any atom is 0.229 e. The highest BCUT2D eigenvalue weighted by Gasteiger charge is 2.25. The van der Waals surface area contributed by atoms with Gasteiger partial charge in [0.1, 0.15) is 5.76 Å². The van der Waals surface area contributed by atoms with Gasteiger partial charge in [-0.05, 0) is 38.9 Å². The largest absolute Gasteiger partial charge is 0.444 e. The molecule has 3 heterocycles. The van der Waals surface area contributed by atoms with Crippen LogP contribution in [0.3, 0.4) is 0 Å². The van der Waals surface area contributed by atoms with Crippen LogP contribution in [0.25, 0.3) is 0 Å². The summed E-state index contributed by atoms with van der Waals surface area (Å²) in [5.41, 5.74) is -0.0372. The monoisotopic (exact) mass is 422 g/mol. The molecule has 2 aromatic rings. The molecule has 0 radical (unpaired) electrons. The molecule has 2 aromatic heterocycles. The number of hydrogen-bond acceptors (Lipinski definition) is 7. The molecular formula is C20H30N4O2S2. The minimum absolute atomic E-state index is 0.0372. The summed E-state index contributed by atoms with van der Waals surface area (Å²) in [4.78, 5) is 23.7. The van der Waals surface area contributed by atoms with Crippen molar-refractivity contribution in [2.75, 3.05) is 25.0 Å². The second-order valence-corrected chi connectivity index (χ2v) is 10.6. The molecular weight excluding hydrogens is 392 g/mol. The predicted molar refractivity (Wildman–Crippen MR) is 115 cm³/mol. The van der Waals surface area contributed by atoms with Gasteiger partial charge in [-0.2, -0.15) is 0 Å². The minimum atomic E-state index is -0.0372. The van der Waals surface area contributed by atoms with Crippen LogP contribution in [0, 0.1) is 5.92 Å². The van der Waals surface area contributed by atoms with Crippen molar-refractivity contribution >= 4 is 34.1 Å². The quantitative estimate of drug-likeness (QED) is 0.648. The lowest BCUT2D eigenvalue weighted by atomic mass is 9.94. The second-order valence-electron chi connectivity index (χ2n) is 8.25. The number of amides is 1. The average molecular weight is 423 g/mol. The van der Waals surface area contributed by atoms with E-state index in [0.29, 0.717) is 16.8 Å². The van der Waals surface area contributed by atoms with E-state index in [2.05, 4.69) is 47.9 Å². The number of aromatic nitrogens is 2. The van der Waals surface area contributed by atoms with Crippen molar-refractivity contribution in [3.05, 3.63) is 24.0 Å². The van der Waals surface area contributed by atoms with Gasteiger partial charge in [-0.15, -0.1) is 11.8 Å². The lowest BCUT2D eigenvalue weighted by Gasteiger charge is -2.30. The molecule has 3 rings (SSSR count). The van der Waals surface area contributed by atoms with Crippen LogP contribution < -0.4 is 5.32 Å². The van der Waals surface area contributed by atoms with Crippen LogP contribution in [-0.2, 0) is 16.0 Å². The van der Waals surface area contributed by atoms with Gasteiger partial charge in [-0.1, -0.05) is 39.0 Å². The molecule has 0 atom stereocenters. The lowest BCUT2D eigenvalue weighted by molar-refractivity contribution is -0.121. The van der Waals surface area contributed by atoms with Crippen LogP contribution >= 0.6 is 23.1 Å². The molecule has 0 spiro atoms. The Kier molecular flexibility index (Phi) is 7.17. The number of thioether (sulfide) groups is 1. The van der Waals surface area contributed by atoms with Crippen molar-refractivity contribution in [3.8, 4) is 0 Å². The highest BCUT2D eigenvalue weighted by molar-refractivity contribution is 8.00. The van der Waals surface area contributed by atoms with Gasteiger partial charge in [0, 0.05) is 11.3 Å². The topological polar surface area (TPSA) is 71.3 Å². The summed E-state index contributed by atoms with van der Waals surface area (Å²) in [6, 6.07) is 0. The number of thiazole rings is 1. The van der Waals surface area contributed by atoms with Crippen LogP contribution in [0.2, 0.25) is 0 Å². The normalized spacial score (nSPS) is 16.4. The molecule has 0 saturated carbocycles. The number of carbonyl (C=O) groups is 1. The maximum atomic E-state index is 12.5. The molecule has 0 unspecified atom stereocenters. The number of rotatable bonds is 7. The fraction of sp³-hybridized carbons (Fsp3) is 0.650. The van der Waals surface area contributed by atoms with Crippen molar-refractivity contribution in [2.24, 2.45) is 5.92 Å². The van der Waals surface area contributed by atoms with Crippen LogP contribution in [0.4, 0.5) is 5.13 Å². The van der Waals surface area contributed by atoms with E-state index >= 15 is 0 Å². The van der Waals surface area contributed by atoms with Crippen LogP contribution in [-0.4, -0.2) is 40.4 Å². The van der Waals surface area contributed by atoms with E-state index in [1.54, 1.807) is 18.0 Å². The Morgan fingerprint density at radius 3 is 2.71 bits per heavy atom. The molecule has 0 bridgehead atoms. The Labute approximate surface area is 175 Å². The summed E-state index contributed by atoms with van der Waals surface area (Å²) in [5, 5.41) is 3.67. The van der Waals surface area contributed by atoms with E-state index in [-0.39, 0.29) is 17.2 Å². The fourth-order valence-electron chi connectivity index (χ4n) is 3.18. The van der Waals surface area contributed by atoms with Gasteiger partial charge in [-0.25, -0.2) is 9.97 Å². The molecule has 8 heteroatoms. The maximum absolute atomic E-state index is 12.5. The van der Waals surface area contributed by atoms with E-state index in [4.69, 9.17) is 4.42 Å². The smallest absolute Gasteiger partial charge is 0.229 e. The number of carbonyl (C=O) groups excluding carboxylic acids is 1. The van der Waals surface area contributed by atoms with E-state index in [1.807, 2.05) is 6.20 Å². The highest BCUT2D eigenvalue weighted by atomic mass is 32.2. The number of nitrogens with one attached hydrogen (secondary N) is 1. The zero-order valence-corrected chi connectivity index (χ0v) is 18.8. The van der Waals surface area contributed by atoms with E-state index < -0.39 is 0 Å². The fourth-order valence-corrected chi connectivity index (χ4v) is 4.91. The molecule has 1 aliphatic heterocycles. The molecule has 0 aliphatic carbocycles. The molecule has 1 saturated heterocycles. The first-order valence-corrected chi connectivity index (χ1v) is 11.7. The van der Waals surface area contributed by atoms with Gasteiger partial charge in [0.25, 0.3) is 0 Å². The van der Waals surface area contributed by atoms with Gasteiger partial charge in [-0.3, -0.25) is 4.79 Å². The molecule has 28 heavy (non-hydrogen) atoms. The number of piperidine rings is 1. The van der Waals surface area contributed by atoms with Crippen molar-refractivity contribution in [1.82, 2.24) is 14.9 Å². The lowest BCUT2D eigenvalue weighted by Crippen LogP contribution is -2.38. The molecule has 154 valence electrons. The third-order valence-corrected chi connectivity index (χ3v) is 6.94. The number of oxazole rings is 1. The summed E-state index contributed by atoms with van der Waals surface area (Å²) in [5.74, 6) is 2.46. The Bertz CT molecular complexity index is 773. The van der Waals surface area contributed by atoms with E-state index in [1.165, 1.54) is 17.8 Å².